The smallest absolute Gasteiger partial charge is 0.187 e. The van der Waals surface area contributed by atoms with Gasteiger partial charge in [-0.1, -0.05) is 182 Å². The van der Waals surface area contributed by atoms with E-state index in [0.29, 0.717) is 6.61 Å². The number of hydrogen-bond acceptors (Lipinski definition) is 13. The number of aliphatic hydroxyl groups excluding tert-OH is 1. The van der Waals surface area contributed by atoms with Crippen molar-refractivity contribution < 1.29 is 61.9 Å². The molecule has 0 aliphatic carbocycles. The molecule has 3 heterocycles. The number of benzene rings is 6. The molecule has 9 rings (SSSR count). The molecular formula is C60H68O13. The van der Waals surface area contributed by atoms with Crippen molar-refractivity contribution in [2.75, 3.05) is 20.3 Å². The predicted octanol–water partition coefficient (Wildman–Crippen LogP) is 9.12. The van der Waals surface area contributed by atoms with Crippen molar-refractivity contribution in [2.24, 2.45) is 0 Å². The first kappa shape index (κ1) is 52.7. The highest BCUT2D eigenvalue weighted by atomic mass is 16.8. The topological polar surface area (TPSA) is 131 Å². The van der Waals surface area contributed by atoms with Crippen LogP contribution in [0.3, 0.4) is 0 Å². The van der Waals surface area contributed by atoms with Crippen LogP contribution in [-0.2, 0) is 96.5 Å². The van der Waals surface area contributed by atoms with E-state index in [4.69, 9.17) is 56.8 Å². The second-order valence-corrected chi connectivity index (χ2v) is 19.0. The molecule has 3 aliphatic heterocycles. The Morgan fingerprint density at radius 2 is 0.904 bits per heavy atom. The molecule has 0 amide bonds. The van der Waals surface area contributed by atoms with Gasteiger partial charge in [0, 0.05) is 7.11 Å². The third-order valence-corrected chi connectivity index (χ3v) is 13.2. The minimum atomic E-state index is -1.35. The van der Waals surface area contributed by atoms with Gasteiger partial charge in [-0.3, -0.25) is 0 Å². The second-order valence-electron chi connectivity index (χ2n) is 19.0. The normalized spacial score (nSPS) is 27.4. The first-order valence-corrected chi connectivity index (χ1v) is 25.2. The molecular weight excluding hydrogens is 929 g/mol. The summed E-state index contributed by atoms with van der Waals surface area (Å²) in [6.07, 6.45) is -11.7. The monoisotopic (exact) mass is 996 g/mol. The number of methoxy groups -OCH3 is 1. The summed E-state index contributed by atoms with van der Waals surface area (Å²) in [5.74, 6) is -0.918. The number of hydrogen-bond donors (Lipinski definition) is 1. The van der Waals surface area contributed by atoms with Gasteiger partial charge in [-0.05, 0) is 47.2 Å². The second kappa shape index (κ2) is 26.3. The fraction of sp³-hybridized carbons (Fsp3) is 0.400. The standard InChI is InChI=1S/C60H68O13/c1-60(2)69-41-49(73-60)51-50(61)53(56(58(62-3)70-51)67-38-46-30-18-8-19-31-46)72-59-57(68-39-47-32-20-9-21-33-47)55(66-37-45-28-16-7-17-29-45)54(65-36-44-26-14-6-15-27-44)52(71-59)48(64-35-43-24-12-5-13-25-43)40-63-34-42-22-10-4-11-23-42/h4-33,48-59,61H,34-41H2,1-3H3/t48?,49?,50-,51?,52?,53?,54?,55?,56?,57?,58+,59?/m1/s1. The van der Waals surface area contributed by atoms with E-state index >= 15 is 0 Å². The summed E-state index contributed by atoms with van der Waals surface area (Å²) in [5, 5.41) is 12.7. The van der Waals surface area contributed by atoms with Crippen LogP contribution in [0, 0.1) is 0 Å². The van der Waals surface area contributed by atoms with Gasteiger partial charge in [-0.2, -0.15) is 0 Å². The Balaban J connectivity index is 1.13. The van der Waals surface area contributed by atoms with Gasteiger partial charge in [0.2, 0.25) is 0 Å². The summed E-state index contributed by atoms with van der Waals surface area (Å²) in [7, 11) is 1.54. The summed E-state index contributed by atoms with van der Waals surface area (Å²) < 4.78 is 81.2. The molecule has 3 saturated heterocycles. The van der Waals surface area contributed by atoms with Crippen LogP contribution in [0.1, 0.15) is 47.2 Å². The Bertz CT molecular complexity index is 2470. The van der Waals surface area contributed by atoms with Crippen LogP contribution < -0.4 is 0 Å². The van der Waals surface area contributed by atoms with Gasteiger partial charge in [0.1, 0.15) is 61.0 Å². The molecule has 73 heavy (non-hydrogen) atoms. The molecule has 386 valence electrons. The van der Waals surface area contributed by atoms with Gasteiger partial charge >= 0.3 is 0 Å². The zero-order chi connectivity index (χ0) is 50.2. The number of aliphatic hydroxyl groups is 1. The van der Waals surface area contributed by atoms with Crippen molar-refractivity contribution in [3.63, 3.8) is 0 Å². The average Bonchev–Trinajstić information content (AvgIpc) is 3.80. The lowest BCUT2D eigenvalue weighted by Crippen LogP contribution is -2.68. The Labute approximate surface area is 429 Å². The average molecular weight is 997 g/mol. The molecule has 3 aliphatic rings. The SMILES string of the molecule is CO[C@H]1OC(C2COC(C)(C)O2)[C@@H](O)C(OC2OC(C(COCc3ccccc3)OCc3ccccc3)C(OCc3ccccc3)C(OCc3ccccc3)C2OCc2ccccc2)C1OCc1ccccc1. The summed E-state index contributed by atoms with van der Waals surface area (Å²) in [5.41, 5.74) is 5.68. The van der Waals surface area contributed by atoms with Crippen molar-refractivity contribution >= 4 is 0 Å². The molecule has 3 fully saturated rings. The van der Waals surface area contributed by atoms with Crippen LogP contribution in [0.15, 0.2) is 182 Å². The molecule has 13 nitrogen and oxygen atoms in total. The zero-order valence-corrected chi connectivity index (χ0v) is 41.8. The minimum absolute atomic E-state index is 0.108. The van der Waals surface area contributed by atoms with E-state index < -0.39 is 79.4 Å². The van der Waals surface area contributed by atoms with Crippen molar-refractivity contribution in [2.45, 2.75) is 133 Å². The fourth-order valence-corrected chi connectivity index (χ4v) is 9.46. The Morgan fingerprint density at radius 1 is 0.493 bits per heavy atom. The highest BCUT2D eigenvalue weighted by Crippen LogP contribution is 2.39. The van der Waals surface area contributed by atoms with Gasteiger partial charge in [0.05, 0.1) is 52.9 Å². The van der Waals surface area contributed by atoms with E-state index in [1.54, 1.807) is 0 Å². The van der Waals surface area contributed by atoms with E-state index in [1.165, 1.54) is 7.11 Å². The van der Waals surface area contributed by atoms with E-state index in [1.807, 2.05) is 196 Å². The zero-order valence-electron chi connectivity index (χ0n) is 41.8. The lowest BCUT2D eigenvalue weighted by atomic mass is 9.92. The van der Waals surface area contributed by atoms with Crippen molar-refractivity contribution in [1.29, 1.82) is 0 Å². The maximum atomic E-state index is 12.7. The van der Waals surface area contributed by atoms with E-state index in [-0.39, 0.29) is 46.2 Å². The largest absolute Gasteiger partial charge is 0.387 e. The number of ether oxygens (including phenoxy) is 12. The van der Waals surface area contributed by atoms with Crippen molar-refractivity contribution in [1.82, 2.24) is 0 Å². The fourth-order valence-electron chi connectivity index (χ4n) is 9.46. The molecule has 0 saturated carbocycles. The van der Waals surface area contributed by atoms with Gasteiger partial charge in [-0.15, -0.1) is 0 Å². The van der Waals surface area contributed by atoms with Gasteiger partial charge < -0.3 is 61.9 Å². The lowest BCUT2D eigenvalue weighted by Gasteiger charge is -2.51. The van der Waals surface area contributed by atoms with Gasteiger partial charge in [0.15, 0.2) is 18.4 Å². The van der Waals surface area contributed by atoms with E-state index in [0.717, 1.165) is 33.4 Å². The number of rotatable bonds is 24. The molecule has 6 aromatic carbocycles. The van der Waals surface area contributed by atoms with Crippen LogP contribution in [0.25, 0.3) is 0 Å². The lowest BCUT2D eigenvalue weighted by molar-refractivity contribution is -0.381. The third kappa shape index (κ3) is 14.6. The van der Waals surface area contributed by atoms with E-state index in [9.17, 15) is 5.11 Å². The Hall–Kier alpha value is -5.20. The van der Waals surface area contributed by atoms with Gasteiger partial charge in [-0.25, -0.2) is 0 Å². The summed E-state index contributed by atoms with van der Waals surface area (Å²) >= 11 is 0. The van der Waals surface area contributed by atoms with Crippen LogP contribution in [0.2, 0.25) is 0 Å². The van der Waals surface area contributed by atoms with Gasteiger partial charge in [0.25, 0.3) is 0 Å². The van der Waals surface area contributed by atoms with Crippen LogP contribution in [-0.4, -0.2) is 105 Å². The van der Waals surface area contributed by atoms with Crippen LogP contribution in [0.4, 0.5) is 0 Å². The van der Waals surface area contributed by atoms with Crippen molar-refractivity contribution in [3.05, 3.63) is 215 Å². The maximum Gasteiger partial charge on any atom is 0.187 e. The first-order chi connectivity index (χ1) is 35.8. The predicted molar refractivity (Wildman–Crippen MR) is 271 cm³/mol. The molecule has 6 aromatic rings. The molecule has 0 radical (unpaired) electrons. The molecule has 12 atom stereocenters. The van der Waals surface area contributed by atoms with Crippen LogP contribution in [0.5, 0.6) is 0 Å². The van der Waals surface area contributed by atoms with Crippen molar-refractivity contribution in [3.8, 4) is 0 Å². The maximum absolute atomic E-state index is 12.7. The molecule has 0 aromatic heterocycles. The third-order valence-electron chi connectivity index (χ3n) is 13.2. The van der Waals surface area contributed by atoms with E-state index in [2.05, 4.69) is 0 Å². The molecule has 13 heteroatoms. The molecule has 0 bridgehead atoms. The quantitative estimate of drug-likeness (QED) is 0.0619. The summed E-state index contributed by atoms with van der Waals surface area (Å²) in [4.78, 5) is 0. The first-order valence-electron chi connectivity index (χ1n) is 25.2. The summed E-state index contributed by atoms with van der Waals surface area (Å²) in [6.45, 7) is 5.24. The highest BCUT2D eigenvalue weighted by Gasteiger charge is 2.57. The highest BCUT2D eigenvalue weighted by molar-refractivity contribution is 5.18. The molecule has 0 spiro atoms. The summed E-state index contributed by atoms with van der Waals surface area (Å²) in [6, 6.07) is 59.5. The minimum Gasteiger partial charge on any atom is -0.387 e. The molecule has 1 N–H and O–H groups in total. The Morgan fingerprint density at radius 3 is 1.34 bits per heavy atom. The molecule has 10 unspecified atom stereocenters. The Kier molecular flexibility index (Phi) is 19.0. The van der Waals surface area contributed by atoms with Crippen LogP contribution >= 0.6 is 0 Å².